The first-order chi connectivity index (χ1) is 10.6. The van der Waals surface area contributed by atoms with E-state index in [1.54, 1.807) is 0 Å². The van der Waals surface area contributed by atoms with Crippen molar-refractivity contribution in [1.29, 1.82) is 0 Å². The van der Waals surface area contributed by atoms with Crippen LogP contribution in [0.2, 0.25) is 0 Å². The fourth-order valence-corrected chi connectivity index (χ4v) is 5.50. The molecule has 0 spiro atoms. The molecule has 0 aromatic carbocycles. The van der Waals surface area contributed by atoms with Gasteiger partial charge in [-0.15, -0.1) is 0 Å². The Morgan fingerprint density at radius 1 is 0.826 bits per heavy atom. The van der Waals surface area contributed by atoms with Gasteiger partial charge in [0.25, 0.3) is 0 Å². The molecule has 0 aliphatic heterocycles. The number of rotatable bonds is 14. The highest BCUT2D eigenvalue weighted by Gasteiger charge is 2.34. The maximum atomic E-state index is 11.9. The third-order valence-electron chi connectivity index (χ3n) is 3.58. The van der Waals surface area contributed by atoms with Crippen molar-refractivity contribution in [3.8, 4) is 0 Å². The fraction of sp³-hybridized carbons (Fsp3) is 1.00. The summed E-state index contributed by atoms with van der Waals surface area (Å²) in [6.45, 7) is 8.23. The van der Waals surface area contributed by atoms with Crippen LogP contribution in [-0.2, 0) is 18.2 Å². The Hall–Kier alpha value is 0.300. The summed E-state index contributed by atoms with van der Waals surface area (Å²) in [4.78, 5) is 19.5. The first-order valence-corrected chi connectivity index (χ1v) is 12.1. The summed E-state index contributed by atoms with van der Waals surface area (Å²) in [7, 11) is -8.24. The first-order valence-electron chi connectivity index (χ1n) is 8.54. The molecule has 23 heavy (non-hydrogen) atoms. The molecule has 0 bridgehead atoms. The van der Waals surface area contributed by atoms with Crippen LogP contribution in [0.1, 0.15) is 66.2 Å². The lowest BCUT2D eigenvalue weighted by Crippen LogP contribution is -2.09. The summed E-state index contributed by atoms with van der Waals surface area (Å²) in [5.74, 6) is -0.562. The Balaban J connectivity index is 4.23. The predicted molar refractivity (Wildman–Crippen MR) is 93.8 cm³/mol. The van der Waals surface area contributed by atoms with Crippen molar-refractivity contribution < 1.29 is 28.0 Å². The van der Waals surface area contributed by atoms with E-state index < -0.39 is 21.1 Å². The third kappa shape index (κ3) is 13.3. The largest absolute Gasteiger partial charge is 0.340 e. The van der Waals surface area contributed by atoms with Crippen LogP contribution < -0.4 is 0 Å². The van der Waals surface area contributed by atoms with Crippen LogP contribution in [-0.4, -0.2) is 28.9 Å². The van der Waals surface area contributed by atoms with Gasteiger partial charge in [0.05, 0.1) is 13.2 Å². The zero-order valence-corrected chi connectivity index (χ0v) is 16.7. The molecule has 6 nitrogen and oxygen atoms in total. The van der Waals surface area contributed by atoms with E-state index >= 15 is 0 Å². The van der Waals surface area contributed by atoms with Gasteiger partial charge in [-0.2, -0.15) is 0 Å². The van der Waals surface area contributed by atoms with Crippen molar-refractivity contribution in [3.63, 3.8) is 0 Å². The lowest BCUT2D eigenvalue weighted by atomic mass is 10.1. The van der Waals surface area contributed by atoms with Crippen molar-refractivity contribution >= 4 is 15.2 Å². The van der Waals surface area contributed by atoms with E-state index in [2.05, 4.69) is 13.8 Å². The topological polar surface area (TPSA) is 93.1 Å². The second kappa shape index (κ2) is 11.8. The van der Waals surface area contributed by atoms with Crippen molar-refractivity contribution in [2.45, 2.75) is 66.2 Å². The van der Waals surface area contributed by atoms with E-state index in [1.807, 2.05) is 13.8 Å². The van der Waals surface area contributed by atoms with E-state index in [4.69, 9.17) is 9.05 Å². The van der Waals surface area contributed by atoms with Gasteiger partial charge in [0.2, 0.25) is 0 Å². The van der Waals surface area contributed by atoms with Gasteiger partial charge in [-0.1, -0.05) is 53.4 Å². The van der Waals surface area contributed by atoms with Gasteiger partial charge in [0.15, 0.2) is 5.90 Å². The third-order valence-corrected chi connectivity index (χ3v) is 7.54. The molecule has 0 aromatic heterocycles. The van der Waals surface area contributed by atoms with E-state index in [1.165, 1.54) is 0 Å². The molecule has 0 aliphatic rings. The molecule has 8 heteroatoms. The molecule has 0 fully saturated rings. The molecule has 140 valence electrons. The SMILES string of the molecule is CCCCC(C)COP(=O)(O)CP(=O)(O)OCC(C)CCCC. The summed E-state index contributed by atoms with van der Waals surface area (Å²) in [6.07, 6.45) is 5.96. The molecule has 0 rings (SSSR count). The molecule has 0 aromatic rings. The number of hydrogen-bond donors (Lipinski definition) is 2. The van der Waals surface area contributed by atoms with Gasteiger partial charge in [0, 0.05) is 0 Å². The molecule has 0 radical (unpaired) electrons. The van der Waals surface area contributed by atoms with E-state index in [-0.39, 0.29) is 25.0 Å². The maximum absolute atomic E-state index is 11.9. The average molecular weight is 372 g/mol. The summed E-state index contributed by atoms with van der Waals surface area (Å²) < 4.78 is 33.9. The van der Waals surface area contributed by atoms with Crippen molar-refractivity contribution in [2.75, 3.05) is 19.1 Å². The van der Waals surface area contributed by atoms with Gasteiger partial charge in [-0.05, 0) is 24.7 Å². The minimum atomic E-state index is -4.12. The second-order valence-electron chi connectivity index (χ2n) is 6.50. The first kappa shape index (κ1) is 23.3. The molecule has 2 N–H and O–H groups in total. The summed E-state index contributed by atoms with van der Waals surface area (Å²) in [5, 5.41) is 0. The average Bonchev–Trinajstić information content (AvgIpc) is 2.46. The van der Waals surface area contributed by atoms with Crippen LogP contribution in [0, 0.1) is 11.8 Å². The minimum Gasteiger partial charge on any atom is -0.324 e. The molecular weight excluding hydrogens is 338 g/mol. The molecule has 0 heterocycles. The van der Waals surface area contributed by atoms with Gasteiger partial charge in [0.1, 0.15) is 0 Å². The van der Waals surface area contributed by atoms with E-state index in [9.17, 15) is 18.9 Å². The van der Waals surface area contributed by atoms with Gasteiger partial charge >= 0.3 is 15.2 Å². The predicted octanol–water partition coefficient (Wildman–Crippen LogP) is 5.00. The zero-order chi connectivity index (χ0) is 17.9. The van der Waals surface area contributed by atoms with Crippen LogP contribution in [0.5, 0.6) is 0 Å². The number of unbranched alkanes of at least 4 members (excludes halogenated alkanes) is 2. The standard InChI is InChI=1S/C15H34O6P2/c1-5-7-9-14(3)11-20-22(16,17)13-23(18,19)21-12-15(4)10-8-6-2/h14-15H,5-13H2,1-4H3,(H,16,17)(H,18,19). The van der Waals surface area contributed by atoms with Crippen LogP contribution in [0.4, 0.5) is 0 Å². The lowest BCUT2D eigenvalue weighted by Gasteiger charge is -2.20. The minimum absolute atomic E-state index is 0.112. The van der Waals surface area contributed by atoms with Crippen LogP contribution in [0.3, 0.4) is 0 Å². The monoisotopic (exact) mass is 372 g/mol. The summed E-state index contributed by atoms with van der Waals surface area (Å²) >= 11 is 0. The fourth-order valence-electron chi connectivity index (χ4n) is 2.07. The number of hydrogen-bond acceptors (Lipinski definition) is 4. The van der Waals surface area contributed by atoms with Crippen LogP contribution in [0.25, 0.3) is 0 Å². The zero-order valence-electron chi connectivity index (χ0n) is 14.9. The molecule has 0 saturated carbocycles. The van der Waals surface area contributed by atoms with Gasteiger partial charge in [-0.3, -0.25) is 9.13 Å². The van der Waals surface area contributed by atoms with Crippen LogP contribution in [0.15, 0.2) is 0 Å². The molecular formula is C15H34O6P2. The normalized spacial score (nSPS) is 19.7. The Morgan fingerprint density at radius 2 is 1.17 bits per heavy atom. The molecule has 4 atom stereocenters. The summed E-state index contributed by atoms with van der Waals surface area (Å²) in [6, 6.07) is 0. The van der Waals surface area contributed by atoms with Crippen molar-refractivity contribution in [1.82, 2.24) is 0 Å². The Morgan fingerprint density at radius 3 is 1.48 bits per heavy atom. The lowest BCUT2D eigenvalue weighted by molar-refractivity contribution is 0.205. The molecule has 0 saturated heterocycles. The van der Waals surface area contributed by atoms with Crippen molar-refractivity contribution in [2.24, 2.45) is 11.8 Å². The highest BCUT2D eigenvalue weighted by atomic mass is 31.2. The summed E-state index contributed by atoms with van der Waals surface area (Å²) in [5.41, 5.74) is 0. The molecule has 4 unspecified atom stereocenters. The Kier molecular flexibility index (Phi) is 11.9. The highest BCUT2D eigenvalue weighted by molar-refractivity contribution is 7.70. The Labute approximate surface area is 141 Å². The molecule has 0 aliphatic carbocycles. The van der Waals surface area contributed by atoms with E-state index in [0.29, 0.717) is 0 Å². The smallest absolute Gasteiger partial charge is 0.324 e. The quantitative estimate of drug-likeness (QED) is 0.417. The second-order valence-corrected chi connectivity index (χ2v) is 10.7. The van der Waals surface area contributed by atoms with Gasteiger partial charge < -0.3 is 18.8 Å². The van der Waals surface area contributed by atoms with E-state index in [0.717, 1.165) is 38.5 Å². The van der Waals surface area contributed by atoms with Crippen molar-refractivity contribution in [3.05, 3.63) is 0 Å². The van der Waals surface area contributed by atoms with Gasteiger partial charge in [-0.25, -0.2) is 0 Å². The van der Waals surface area contributed by atoms with Crippen LogP contribution >= 0.6 is 15.2 Å². The Bertz CT molecular complexity index is 365. The molecule has 0 amide bonds. The maximum Gasteiger partial charge on any atom is 0.340 e. The highest BCUT2D eigenvalue weighted by Crippen LogP contribution is 2.58.